The third-order valence-electron chi connectivity index (χ3n) is 3.80. The Bertz CT molecular complexity index is 524. The minimum absolute atomic E-state index is 0. The summed E-state index contributed by atoms with van der Waals surface area (Å²) in [6, 6.07) is 5.16. The lowest BCUT2D eigenvalue weighted by Crippen LogP contribution is -2.38. The quantitative estimate of drug-likeness (QED) is 0.297. The zero-order valence-corrected chi connectivity index (χ0v) is 18.2. The summed E-state index contributed by atoms with van der Waals surface area (Å²) in [6.07, 6.45) is 1.15. The van der Waals surface area contributed by atoms with Crippen LogP contribution in [0.1, 0.15) is 32.8 Å². The molecule has 0 aliphatic carbocycles. The summed E-state index contributed by atoms with van der Waals surface area (Å²) in [6.45, 7) is 8.31. The van der Waals surface area contributed by atoms with Crippen LogP contribution in [0.4, 0.5) is 0 Å². The highest BCUT2D eigenvalue weighted by Gasteiger charge is 2.13. The molecule has 0 aromatic heterocycles. The lowest BCUT2D eigenvalue weighted by molar-refractivity contribution is 0.0258. The van der Waals surface area contributed by atoms with E-state index in [9.17, 15) is 5.11 Å². The summed E-state index contributed by atoms with van der Waals surface area (Å²) in [5.41, 5.74) is 0.756. The highest BCUT2D eigenvalue weighted by molar-refractivity contribution is 14.0. The first-order valence-electron chi connectivity index (χ1n) is 8.43. The lowest BCUT2D eigenvalue weighted by Gasteiger charge is -2.21. The van der Waals surface area contributed by atoms with Crippen LogP contribution in [-0.2, 0) is 11.3 Å². The Morgan fingerprint density at radius 2 is 2.00 bits per heavy atom. The third kappa shape index (κ3) is 8.62. The molecule has 1 unspecified atom stereocenters. The molecule has 7 heteroatoms. The molecule has 144 valence electrons. The number of halogens is 1. The van der Waals surface area contributed by atoms with Gasteiger partial charge in [0, 0.05) is 32.3 Å². The van der Waals surface area contributed by atoms with E-state index in [1.807, 2.05) is 6.92 Å². The number of rotatable bonds is 9. The zero-order valence-electron chi connectivity index (χ0n) is 15.8. The first-order valence-corrected chi connectivity index (χ1v) is 8.43. The molecule has 0 radical (unpaired) electrons. The van der Waals surface area contributed by atoms with Gasteiger partial charge in [-0.2, -0.15) is 0 Å². The molecule has 1 aromatic carbocycles. The number of nitrogens with zero attached hydrogens (tertiary/aromatic N) is 1. The molecule has 0 amide bonds. The second-order valence-electron chi connectivity index (χ2n) is 5.87. The Hall–Kier alpha value is -1.22. The highest BCUT2D eigenvalue weighted by atomic mass is 127. The maximum absolute atomic E-state index is 9.91. The van der Waals surface area contributed by atoms with Crippen molar-refractivity contribution in [2.45, 2.75) is 39.8 Å². The van der Waals surface area contributed by atoms with Gasteiger partial charge in [-0.1, -0.05) is 13.8 Å². The van der Waals surface area contributed by atoms with Crippen molar-refractivity contribution in [3.63, 3.8) is 0 Å². The van der Waals surface area contributed by atoms with Gasteiger partial charge in [-0.25, -0.2) is 0 Å². The van der Waals surface area contributed by atoms with Crippen LogP contribution in [-0.4, -0.2) is 44.5 Å². The molecule has 6 nitrogen and oxygen atoms in total. The van der Waals surface area contributed by atoms with Crippen molar-refractivity contribution in [1.82, 2.24) is 10.6 Å². The number of ether oxygens (including phenoxy) is 2. The maximum Gasteiger partial charge on any atom is 0.191 e. The molecule has 1 aromatic rings. The van der Waals surface area contributed by atoms with Crippen molar-refractivity contribution < 1.29 is 14.6 Å². The summed E-state index contributed by atoms with van der Waals surface area (Å²) < 4.78 is 10.9. The predicted molar refractivity (Wildman–Crippen MR) is 113 cm³/mol. The van der Waals surface area contributed by atoms with Crippen LogP contribution in [0.3, 0.4) is 0 Å². The largest absolute Gasteiger partial charge is 0.508 e. The molecule has 0 saturated heterocycles. The molecule has 0 spiro atoms. The van der Waals surface area contributed by atoms with Crippen molar-refractivity contribution in [3.8, 4) is 11.5 Å². The Balaban J connectivity index is 0.00000576. The standard InChI is InChI=1S/C18H31N3O3.HI/c1-6-24-17(13(2)3)9-10-20-18(19-4)21-12-14-11-15(23-5)7-8-16(14)22;/h7-8,11,13,17,22H,6,9-10,12H2,1-5H3,(H2,19,20,21);1H. The van der Waals surface area contributed by atoms with E-state index in [1.54, 1.807) is 32.4 Å². The molecule has 0 aliphatic rings. The van der Waals surface area contributed by atoms with Gasteiger partial charge in [0.1, 0.15) is 11.5 Å². The zero-order chi connectivity index (χ0) is 17.9. The summed E-state index contributed by atoms with van der Waals surface area (Å²) in [5.74, 6) is 2.12. The first-order chi connectivity index (χ1) is 11.5. The Morgan fingerprint density at radius 1 is 1.28 bits per heavy atom. The number of aliphatic imine (C=N–C) groups is 1. The van der Waals surface area contributed by atoms with Crippen molar-refractivity contribution in [2.75, 3.05) is 27.3 Å². The van der Waals surface area contributed by atoms with Gasteiger partial charge in [-0.05, 0) is 37.5 Å². The van der Waals surface area contributed by atoms with Gasteiger partial charge >= 0.3 is 0 Å². The van der Waals surface area contributed by atoms with Crippen LogP contribution < -0.4 is 15.4 Å². The summed E-state index contributed by atoms with van der Waals surface area (Å²) in [5, 5.41) is 16.4. The molecule has 1 atom stereocenters. The topological polar surface area (TPSA) is 75.1 Å². The van der Waals surface area contributed by atoms with Gasteiger partial charge in [-0.3, -0.25) is 4.99 Å². The minimum atomic E-state index is 0. The summed E-state index contributed by atoms with van der Waals surface area (Å²) in [4.78, 5) is 4.20. The van der Waals surface area contributed by atoms with Gasteiger partial charge in [0.25, 0.3) is 0 Å². The van der Waals surface area contributed by atoms with Crippen LogP contribution in [0, 0.1) is 5.92 Å². The Kier molecular flexibility index (Phi) is 12.4. The fraction of sp³-hybridized carbons (Fsp3) is 0.611. The third-order valence-corrected chi connectivity index (χ3v) is 3.80. The summed E-state index contributed by atoms with van der Waals surface area (Å²) in [7, 11) is 3.33. The van der Waals surface area contributed by atoms with E-state index in [2.05, 4.69) is 29.5 Å². The van der Waals surface area contributed by atoms with E-state index in [0.717, 1.165) is 25.1 Å². The molecular formula is C18H32IN3O3. The first kappa shape index (κ1) is 23.8. The van der Waals surface area contributed by atoms with Gasteiger partial charge in [0.15, 0.2) is 5.96 Å². The van der Waals surface area contributed by atoms with Crippen molar-refractivity contribution >= 4 is 29.9 Å². The molecule has 1 rings (SSSR count). The Labute approximate surface area is 168 Å². The van der Waals surface area contributed by atoms with Crippen molar-refractivity contribution in [2.24, 2.45) is 10.9 Å². The number of methoxy groups -OCH3 is 1. The number of hydrogen-bond donors (Lipinski definition) is 3. The molecule has 0 aliphatic heterocycles. The minimum Gasteiger partial charge on any atom is -0.508 e. The van der Waals surface area contributed by atoms with Gasteiger partial charge in [0.05, 0.1) is 13.2 Å². The van der Waals surface area contributed by atoms with Crippen LogP contribution in [0.2, 0.25) is 0 Å². The van der Waals surface area contributed by atoms with Crippen LogP contribution in [0.5, 0.6) is 11.5 Å². The number of phenolic OH excluding ortho intramolecular Hbond substituents is 1. The number of aromatic hydroxyl groups is 1. The van der Waals surface area contributed by atoms with E-state index in [0.29, 0.717) is 24.2 Å². The second-order valence-corrected chi connectivity index (χ2v) is 5.87. The number of hydrogen-bond acceptors (Lipinski definition) is 4. The van der Waals surface area contributed by atoms with E-state index in [4.69, 9.17) is 9.47 Å². The maximum atomic E-state index is 9.91. The Morgan fingerprint density at radius 3 is 2.56 bits per heavy atom. The van der Waals surface area contributed by atoms with Gasteiger partial charge in [-0.15, -0.1) is 24.0 Å². The molecule has 0 bridgehead atoms. The second kappa shape index (κ2) is 13.0. The number of phenols is 1. The SMILES string of the molecule is CCOC(CCNC(=NC)NCc1cc(OC)ccc1O)C(C)C.I. The molecule has 0 heterocycles. The molecule has 0 fully saturated rings. The van der Waals surface area contributed by atoms with Crippen LogP contribution in [0.25, 0.3) is 0 Å². The molecule has 0 saturated carbocycles. The van der Waals surface area contributed by atoms with Gasteiger partial charge < -0.3 is 25.2 Å². The van der Waals surface area contributed by atoms with Crippen LogP contribution >= 0.6 is 24.0 Å². The average molecular weight is 465 g/mol. The number of benzene rings is 1. The summed E-state index contributed by atoms with van der Waals surface area (Å²) >= 11 is 0. The monoisotopic (exact) mass is 465 g/mol. The predicted octanol–water partition coefficient (Wildman–Crippen LogP) is 3.14. The van der Waals surface area contributed by atoms with E-state index >= 15 is 0 Å². The smallest absolute Gasteiger partial charge is 0.191 e. The molecule has 3 N–H and O–H groups in total. The number of guanidine groups is 1. The van der Waals surface area contributed by atoms with Crippen molar-refractivity contribution in [3.05, 3.63) is 23.8 Å². The molecular weight excluding hydrogens is 433 g/mol. The van der Waals surface area contributed by atoms with Crippen LogP contribution in [0.15, 0.2) is 23.2 Å². The fourth-order valence-electron chi connectivity index (χ4n) is 2.39. The van der Waals surface area contributed by atoms with E-state index in [-0.39, 0.29) is 35.8 Å². The van der Waals surface area contributed by atoms with E-state index < -0.39 is 0 Å². The molecule has 25 heavy (non-hydrogen) atoms. The van der Waals surface area contributed by atoms with E-state index in [1.165, 1.54) is 0 Å². The fourth-order valence-corrected chi connectivity index (χ4v) is 2.39. The normalized spacial score (nSPS) is 12.5. The van der Waals surface area contributed by atoms with Crippen molar-refractivity contribution in [1.29, 1.82) is 0 Å². The lowest BCUT2D eigenvalue weighted by atomic mass is 10.0. The average Bonchev–Trinajstić information content (AvgIpc) is 2.58. The highest BCUT2D eigenvalue weighted by Crippen LogP contribution is 2.22. The number of nitrogens with one attached hydrogen (secondary N) is 2. The van der Waals surface area contributed by atoms with Gasteiger partial charge in [0.2, 0.25) is 0 Å².